The van der Waals surface area contributed by atoms with Crippen molar-refractivity contribution in [1.82, 2.24) is 0 Å². The second-order valence-corrected chi connectivity index (χ2v) is 23.7. The van der Waals surface area contributed by atoms with Gasteiger partial charge in [0.25, 0.3) is 0 Å². The Hall–Kier alpha value is -1.96. The van der Waals surface area contributed by atoms with Crippen molar-refractivity contribution in [2.75, 3.05) is 0 Å². The summed E-state index contributed by atoms with van der Waals surface area (Å²) in [6.07, 6.45) is 15.1. The zero-order valence-corrected chi connectivity index (χ0v) is 37.4. The molecule has 0 radical (unpaired) electrons. The number of unbranched alkanes of at least 4 members (excludes halogenated alkanes) is 4. The van der Waals surface area contributed by atoms with Gasteiger partial charge in [-0.3, -0.25) is 0 Å². The minimum atomic E-state index is -2.18. The van der Waals surface area contributed by atoms with Crippen molar-refractivity contribution in [3.8, 4) is 22.3 Å². The van der Waals surface area contributed by atoms with Crippen LogP contribution in [0, 0.1) is 0 Å². The van der Waals surface area contributed by atoms with Gasteiger partial charge in [0, 0.05) is 0 Å². The number of halogens is 2. The standard InChI is InChI=1S/C48H58Si.2ClH.Zr/c1-7-11-17-35-25-29-37(30-26-35)43-23-15-21-39-33-41(19-13-9-3)47(45(39)43)49(5,6)48-42(20-14-10-4)34-40-22-16-24-44(46(40)48)38-31-27-36(28-32-38)18-12-8-2;;;/h15-16,21-34H,7-14,17-20H2,1-6H3;2*1H;/q;;;+2/p-2. The number of rotatable bonds is 14. The summed E-state index contributed by atoms with van der Waals surface area (Å²) in [6.45, 7) is 14.9. The number of hydrogen-bond acceptors (Lipinski definition) is 0. The maximum atomic E-state index is 2.76. The van der Waals surface area contributed by atoms with Gasteiger partial charge >= 0.3 is 319 Å². The third kappa shape index (κ3) is 7.63. The van der Waals surface area contributed by atoms with E-state index in [0.29, 0.717) is 7.25 Å². The van der Waals surface area contributed by atoms with Gasteiger partial charge in [-0.1, -0.05) is 0 Å². The molecule has 1 heterocycles. The van der Waals surface area contributed by atoms with Gasteiger partial charge < -0.3 is 24.8 Å². The quantitative estimate of drug-likeness (QED) is 0.112. The van der Waals surface area contributed by atoms with Gasteiger partial charge in [0.05, 0.1) is 0 Å². The molecule has 272 valence electrons. The Balaban J connectivity index is 0.00000261. The van der Waals surface area contributed by atoms with Crippen LogP contribution in [0.1, 0.15) is 133 Å². The van der Waals surface area contributed by atoms with Crippen LogP contribution in [-0.4, -0.2) is 8.07 Å². The fraction of sp³-hybridized carbons (Fsp3) is 0.417. The SMILES string of the molecule is CCCCC1=C2c3c(-c4ccc(CCCC)cc4)cccc3[CH]1[Zr+2][CH]1C(CCCC)=C(c3c(-c4ccc(CCCC)cc4)cccc31)[Si]2(C)C.[Cl-].[Cl-]. The molecule has 7 rings (SSSR count). The Labute approximate surface area is 340 Å². The second-order valence-electron chi connectivity index (χ2n) is 15.8. The summed E-state index contributed by atoms with van der Waals surface area (Å²) in [5.41, 5.74) is 19.3. The number of hydrogen-bond donors (Lipinski definition) is 0. The van der Waals surface area contributed by atoms with Crippen molar-refractivity contribution in [3.63, 3.8) is 0 Å². The molecule has 2 atom stereocenters. The van der Waals surface area contributed by atoms with Crippen LogP contribution in [0.15, 0.2) is 96.1 Å². The van der Waals surface area contributed by atoms with Crippen molar-refractivity contribution >= 4 is 18.5 Å². The van der Waals surface area contributed by atoms with Crippen LogP contribution in [0.2, 0.25) is 13.1 Å². The van der Waals surface area contributed by atoms with Crippen LogP contribution in [0.3, 0.4) is 0 Å². The van der Waals surface area contributed by atoms with Crippen LogP contribution in [0.5, 0.6) is 0 Å². The molecule has 4 heteroatoms. The molecule has 0 N–H and O–H groups in total. The maximum Gasteiger partial charge on any atom is -1.00 e. The third-order valence-electron chi connectivity index (χ3n) is 12.0. The molecule has 0 fully saturated rings. The topological polar surface area (TPSA) is 0 Å². The Morgan fingerprint density at radius 3 is 1.21 bits per heavy atom. The molecule has 0 nitrogen and oxygen atoms in total. The summed E-state index contributed by atoms with van der Waals surface area (Å²) in [6, 6.07) is 34.3. The van der Waals surface area contributed by atoms with E-state index in [-0.39, 0.29) is 24.8 Å². The number of fused-ring (bicyclic) bond motifs is 8. The predicted octanol–water partition coefficient (Wildman–Crippen LogP) is 8.29. The van der Waals surface area contributed by atoms with Crippen molar-refractivity contribution in [1.29, 1.82) is 0 Å². The molecule has 4 aromatic carbocycles. The van der Waals surface area contributed by atoms with E-state index in [1.165, 1.54) is 110 Å². The summed E-state index contributed by atoms with van der Waals surface area (Å²) in [5, 5.41) is 3.66. The van der Waals surface area contributed by atoms with Crippen LogP contribution in [0.25, 0.3) is 32.6 Å². The molecule has 2 unspecified atom stereocenters. The minimum Gasteiger partial charge on any atom is -1.00 e. The summed E-state index contributed by atoms with van der Waals surface area (Å²) in [5.74, 6) is 0. The summed E-state index contributed by atoms with van der Waals surface area (Å²) in [4.78, 5) is 0. The van der Waals surface area contributed by atoms with Crippen LogP contribution >= 0.6 is 0 Å². The summed E-state index contributed by atoms with van der Waals surface area (Å²) < 4.78 is 1.36. The van der Waals surface area contributed by atoms with E-state index >= 15 is 0 Å². The number of aryl methyl sites for hydroxylation is 2. The largest absolute Gasteiger partial charge is 1.00 e. The molecule has 0 saturated carbocycles. The second kappa shape index (κ2) is 18.1. The average Bonchev–Trinajstić information content (AvgIpc) is 3.65. The smallest absolute Gasteiger partial charge is 1.00 e. The Kier molecular flexibility index (Phi) is 14.4. The van der Waals surface area contributed by atoms with E-state index in [1.807, 2.05) is 21.5 Å². The van der Waals surface area contributed by atoms with E-state index in [4.69, 9.17) is 0 Å². The fourth-order valence-electron chi connectivity index (χ4n) is 9.48. The van der Waals surface area contributed by atoms with Gasteiger partial charge in [0.2, 0.25) is 0 Å². The van der Waals surface area contributed by atoms with E-state index in [9.17, 15) is 0 Å². The zero-order chi connectivity index (χ0) is 34.8. The first-order valence-corrected chi connectivity index (χ1v) is 25.9. The Morgan fingerprint density at radius 1 is 0.481 bits per heavy atom. The molecule has 3 aliphatic rings. The van der Waals surface area contributed by atoms with Crippen LogP contribution in [0.4, 0.5) is 0 Å². The molecule has 0 aromatic heterocycles. The molecule has 4 aromatic rings. The van der Waals surface area contributed by atoms with Crippen LogP contribution in [-0.2, 0) is 36.1 Å². The summed E-state index contributed by atoms with van der Waals surface area (Å²) in [7, 11) is -2.18. The van der Waals surface area contributed by atoms with Crippen molar-refractivity contribution < 1.29 is 48.0 Å². The third-order valence-corrected chi connectivity index (χ3v) is 20.5. The Bertz CT molecular complexity index is 1760. The molecule has 0 amide bonds. The minimum absolute atomic E-state index is 0. The molecular weight excluding hydrogens is 767 g/mol. The molecule has 52 heavy (non-hydrogen) atoms. The first kappa shape index (κ1) is 41.2. The molecular formula is C48H58Cl2SiZr. The van der Waals surface area contributed by atoms with E-state index in [2.05, 4.69) is 126 Å². The molecule has 0 spiro atoms. The first-order valence-electron chi connectivity index (χ1n) is 20.1. The molecule has 1 aliphatic heterocycles. The van der Waals surface area contributed by atoms with Crippen LogP contribution < -0.4 is 24.8 Å². The zero-order valence-electron chi connectivity index (χ0n) is 32.5. The number of allylic oxidation sites excluding steroid dienone is 2. The van der Waals surface area contributed by atoms with Gasteiger partial charge in [-0.15, -0.1) is 0 Å². The van der Waals surface area contributed by atoms with Gasteiger partial charge in [-0.25, -0.2) is 0 Å². The predicted molar refractivity (Wildman–Crippen MR) is 217 cm³/mol. The molecule has 2 aliphatic carbocycles. The average molecular weight is 825 g/mol. The van der Waals surface area contributed by atoms with Crippen molar-refractivity contribution in [2.45, 2.75) is 125 Å². The normalized spacial score (nSPS) is 17.7. The molecule has 0 saturated heterocycles. The van der Waals surface area contributed by atoms with Crippen molar-refractivity contribution in [3.05, 3.63) is 129 Å². The van der Waals surface area contributed by atoms with E-state index in [0.717, 1.165) is 0 Å². The first-order chi connectivity index (χ1) is 24.4. The van der Waals surface area contributed by atoms with Gasteiger partial charge in [-0.05, 0) is 0 Å². The van der Waals surface area contributed by atoms with Gasteiger partial charge in [0.1, 0.15) is 0 Å². The van der Waals surface area contributed by atoms with Crippen molar-refractivity contribution in [2.24, 2.45) is 0 Å². The van der Waals surface area contributed by atoms with E-state index in [1.54, 1.807) is 22.3 Å². The fourth-order valence-corrected chi connectivity index (χ4v) is 19.7. The monoisotopic (exact) mass is 822 g/mol. The maximum absolute atomic E-state index is 2.76. The number of benzene rings is 4. The van der Waals surface area contributed by atoms with E-state index < -0.39 is 31.3 Å². The van der Waals surface area contributed by atoms with Gasteiger partial charge in [0.15, 0.2) is 0 Å². The molecule has 4 bridgehead atoms. The van der Waals surface area contributed by atoms with Gasteiger partial charge in [-0.2, -0.15) is 0 Å². The summed E-state index contributed by atoms with van der Waals surface area (Å²) >= 11 is -0.972. The Morgan fingerprint density at radius 2 is 0.846 bits per heavy atom.